The molecule has 0 heterocycles. The average Bonchev–Trinajstić information content (AvgIpc) is 1.61. The van der Waals surface area contributed by atoms with Gasteiger partial charge in [0, 0.05) is 12.5 Å². The Morgan fingerprint density at radius 2 is 1.86 bits per heavy atom. The monoisotopic (exact) mass is 148 g/mol. The fraction of sp³-hybridized carbons (Fsp3) is 1.00. The fourth-order valence-electron chi connectivity index (χ4n) is 0.206. The average molecular weight is 149 g/mol. The molecule has 0 bridgehead atoms. The minimum atomic E-state index is 0. The van der Waals surface area contributed by atoms with Crippen LogP contribution in [0, 0.1) is 0 Å². The Hall–Kier alpha value is 1.89. The molecule has 0 aliphatic rings. The summed E-state index contributed by atoms with van der Waals surface area (Å²) in [6.07, 6.45) is 1.77. The first-order valence-electron chi connectivity index (χ1n) is 2.08. The molecule has 0 atom stereocenters. The van der Waals surface area contributed by atoms with E-state index in [0.29, 0.717) is 5.88 Å². The van der Waals surface area contributed by atoms with Gasteiger partial charge in [-0.3, -0.25) is 0 Å². The normalized spacial score (nSPS) is 7.71. The van der Waals surface area contributed by atoms with E-state index in [2.05, 4.69) is 0 Å². The summed E-state index contributed by atoms with van der Waals surface area (Å²) in [4.78, 5) is 0. The second kappa shape index (κ2) is 10.8. The van der Waals surface area contributed by atoms with Gasteiger partial charge in [0.2, 0.25) is 0 Å². The first-order chi connectivity index (χ1) is 2.91. The van der Waals surface area contributed by atoms with Crippen molar-refractivity contribution in [1.82, 2.24) is 0 Å². The maximum atomic E-state index is 8.14. The van der Waals surface area contributed by atoms with Crippen LogP contribution < -0.4 is 0 Å². The molecule has 0 amide bonds. The molecule has 7 heavy (non-hydrogen) atoms. The van der Waals surface area contributed by atoms with Crippen molar-refractivity contribution in [2.24, 2.45) is 0 Å². The van der Waals surface area contributed by atoms with Crippen LogP contribution in [0.1, 0.15) is 12.8 Å². The summed E-state index contributed by atoms with van der Waals surface area (Å²) in [7, 11) is 0. The molecule has 1 nitrogen and oxygen atoms in total. The van der Waals surface area contributed by atoms with Crippen LogP contribution in [0.3, 0.4) is 0 Å². The second-order valence-electron chi connectivity index (χ2n) is 1.12. The molecule has 40 valence electrons. The Kier molecular flexibility index (Phi) is 18.0. The molecule has 0 saturated heterocycles. The van der Waals surface area contributed by atoms with Crippen molar-refractivity contribution >= 4 is 63.0 Å². The number of unbranched alkanes of at least 4 members (excludes halogenated alkanes) is 1. The standard InChI is InChI=1S/C4H9ClO.K.H/c5-3-1-2-4-6;;/h6H,1-4H2;;. The van der Waals surface area contributed by atoms with E-state index in [-0.39, 0.29) is 58.0 Å². The Labute approximate surface area is 91.9 Å². The van der Waals surface area contributed by atoms with Gasteiger partial charge in [-0.05, 0) is 12.8 Å². The van der Waals surface area contributed by atoms with Crippen molar-refractivity contribution in [3.05, 3.63) is 0 Å². The molecular formula is C4H10ClKO. The summed E-state index contributed by atoms with van der Waals surface area (Å²) in [5.41, 5.74) is 0. The van der Waals surface area contributed by atoms with Crippen LogP contribution in [0.4, 0.5) is 0 Å². The van der Waals surface area contributed by atoms with Crippen LogP contribution >= 0.6 is 11.6 Å². The summed E-state index contributed by atoms with van der Waals surface area (Å²) < 4.78 is 0. The number of aliphatic hydroxyl groups excluding tert-OH is 1. The van der Waals surface area contributed by atoms with E-state index in [1.807, 2.05) is 0 Å². The van der Waals surface area contributed by atoms with Gasteiger partial charge >= 0.3 is 51.4 Å². The van der Waals surface area contributed by atoms with E-state index in [1.165, 1.54) is 0 Å². The second-order valence-corrected chi connectivity index (χ2v) is 1.50. The van der Waals surface area contributed by atoms with Crippen molar-refractivity contribution in [1.29, 1.82) is 0 Å². The fourth-order valence-corrected chi connectivity index (χ4v) is 0.395. The molecule has 1 N–H and O–H groups in total. The van der Waals surface area contributed by atoms with Crippen LogP contribution in [0.5, 0.6) is 0 Å². The molecule has 0 rings (SSSR count). The molecule has 3 heteroatoms. The molecule has 0 aromatic carbocycles. The molecule has 0 saturated carbocycles. The van der Waals surface area contributed by atoms with Crippen LogP contribution in [-0.4, -0.2) is 69.0 Å². The minimum absolute atomic E-state index is 0. The van der Waals surface area contributed by atoms with E-state index in [1.54, 1.807) is 0 Å². The van der Waals surface area contributed by atoms with Gasteiger partial charge in [0.25, 0.3) is 0 Å². The van der Waals surface area contributed by atoms with E-state index in [9.17, 15) is 0 Å². The Balaban J connectivity index is 0. The third kappa shape index (κ3) is 11.4. The van der Waals surface area contributed by atoms with E-state index in [4.69, 9.17) is 16.7 Å². The van der Waals surface area contributed by atoms with Crippen LogP contribution in [-0.2, 0) is 0 Å². The molecular weight excluding hydrogens is 139 g/mol. The Morgan fingerprint density at radius 1 is 1.29 bits per heavy atom. The van der Waals surface area contributed by atoms with E-state index in [0.717, 1.165) is 12.8 Å². The van der Waals surface area contributed by atoms with Crippen LogP contribution in [0.25, 0.3) is 0 Å². The zero-order valence-corrected chi connectivity index (χ0v) is 4.41. The molecule has 0 spiro atoms. The van der Waals surface area contributed by atoms with Crippen LogP contribution in [0.2, 0.25) is 0 Å². The summed E-state index contributed by atoms with van der Waals surface area (Å²) in [5.74, 6) is 0.667. The number of hydrogen-bond acceptors (Lipinski definition) is 1. The Bertz CT molecular complexity index is 23.7. The molecule has 0 aromatic heterocycles. The first kappa shape index (κ1) is 11.7. The number of rotatable bonds is 3. The number of halogens is 1. The predicted octanol–water partition coefficient (Wildman–Crippen LogP) is 0.349. The molecule has 0 aliphatic carbocycles. The van der Waals surface area contributed by atoms with Gasteiger partial charge in [0.1, 0.15) is 0 Å². The molecule has 0 radical (unpaired) electrons. The first-order valence-corrected chi connectivity index (χ1v) is 2.62. The zero-order valence-electron chi connectivity index (χ0n) is 3.65. The van der Waals surface area contributed by atoms with Gasteiger partial charge < -0.3 is 5.11 Å². The summed E-state index contributed by atoms with van der Waals surface area (Å²) in [6, 6.07) is 0. The SMILES string of the molecule is OCCCCCl.[KH]. The third-order valence-electron chi connectivity index (χ3n) is 0.542. The zero-order chi connectivity index (χ0) is 4.83. The molecule has 0 fully saturated rings. The van der Waals surface area contributed by atoms with E-state index >= 15 is 0 Å². The van der Waals surface area contributed by atoms with Gasteiger partial charge in [-0.1, -0.05) is 0 Å². The number of aliphatic hydroxyl groups is 1. The third-order valence-corrected chi connectivity index (χ3v) is 0.809. The summed E-state index contributed by atoms with van der Waals surface area (Å²) in [6.45, 7) is 0.271. The predicted molar refractivity (Wildman–Crippen MR) is 34.2 cm³/mol. The summed E-state index contributed by atoms with van der Waals surface area (Å²) in [5, 5.41) is 8.14. The topological polar surface area (TPSA) is 20.2 Å². The maximum absolute atomic E-state index is 8.14. The number of alkyl halides is 1. The van der Waals surface area contributed by atoms with Gasteiger partial charge in [-0.15, -0.1) is 11.6 Å². The summed E-state index contributed by atoms with van der Waals surface area (Å²) >= 11 is 5.27. The quantitative estimate of drug-likeness (QED) is 0.348. The molecule has 0 aliphatic heterocycles. The molecule has 0 unspecified atom stereocenters. The van der Waals surface area contributed by atoms with Gasteiger partial charge in [0.15, 0.2) is 0 Å². The number of hydrogen-bond donors (Lipinski definition) is 1. The molecule has 0 aromatic rings. The van der Waals surface area contributed by atoms with Crippen molar-refractivity contribution < 1.29 is 5.11 Å². The van der Waals surface area contributed by atoms with Gasteiger partial charge in [-0.2, -0.15) is 0 Å². The van der Waals surface area contributed by atoms with Crippen molar-refractivity contribution in [2.75, 3.05) is 12.5 Å². The van der Waals surface area contributed by atoms with Gasteiger partial charge in [0.05, 0.1) is 0 Å². The van der Waals surface area contributed by atoms with Crippen molar-refractivity contribution in [3.8, 4) is 0 Å². The van der Waals surface area contributed by atoms with Crippen molar-refractivity contribution in [2.45, 2.75) is 12.8 Å². The van der Waals surface area contributed by atoms with Crippen molar-refractivity contribution in [3.63, 3.8) is 0 Å². The Morgan fingerprint density at radius 3 is 2.00 bits per heavy atom. The van der Waals surface area contributed by atoms with Crippen LogP contribution in [0.15, 0.2) is 0 Å². The van der Waals surface area contributed by atoms with Gasteiger partial charge in [-0.25, -0.2) is 0 Å². The van der Waals surface area contributed by atoms with E-state index < -0.39 is 0 Å².